The van der Waals surface area contributed by atoms with Crippen molar-refractivity contribution in [3.63, 3.8) is 0 Å². The Bertz CT molecular complexity index is 153. The summed E-state index contributed by atoms with van der Waals surface area (Å²) in [6.45, 7) is 6.66. The summed E-state index contributed by atoms with van der Waals surface area (Å²) in [6.07, 6.45) is 3.87. The van der Waals surface area contributed by atoms with Gasteiger partial charge in [-0.25, -0.2) is 0 Å². The van der Waals surface area contributed by atoms with E-state index in [1.807, 2.05) is 18.7 Å². The second kappa shape index (κ2) is 9.34. The van der Waals surface area contributed by atoms with E-state index in [4.69, 9.17) is 0 Å². The minimum Gasteiger partial charge on any atom is -0.356 e. The first-order valence-corrected chi connectivity index (χ1v) is 6.49. The molecule has 0 bridgehead atoms. The Balaban J connectivity index is 3.17. The van der Waals surface area contributed by atoms with Crippen LogP contribution >= 0.6 is 11.8 Å². The number of hydrogen-bond donors (Lipinski definition) is 2. The molecule has 3 nitrogen and oxygen atoms in total. The van der Waals surface area contributed by atoms with Crippen molar-refractivity contribution in [2.45, 2.75) is 31.9 Å². The average molecular weight is 218 g/mol. The molecule has 2 N–H and O–H groups in total. The summed E-state index contributed by atoms with van der Waals surface area (Å²) < 4.78 is 0. The molecule has 0 aliphatic rings. The van der Waals surface area contributed by atoms with Gasteiger partial charge in [0.1, 0.15) is 0 Å². The quantitative estimate of drug-likeness (QED) is 0.602. The van der Waals surface area contributed by atoms with Crippen LogP contribution in [0.1, 0.15) is 26.7 Å². The third-order valence-electron chi connectivity index (χ3n) is 2.03. The number of amides is 1. The number of rotatable bonds is 8. The van der Waals surface area contributed by atoms with Gasteiger partial charge in [0.15, 0.2) is 0 Å². The molecule has 1 amide bonds. The zero-order chi connectivity index (χ0) is 10.8. The van der Waals surface area contributed by atoms with Crippen molar-refractivity contribution >= 4 is 17.7 Å². The fourth-order valence-electron chi connectivity index (χ4n) is 1.04. The normalized spacial score (nSPS) is 12.5. The van der Waals surface area contributed by atoms with Crippen LogP contribution in [0.4, 0.5) is 0 Å². The van der Waals surface area contributed by atoms with E-state index < -0.39 is 0 Å². The summed E-state index contributed by atoms with van der Waals surface area (Å²) >= 11 is 1.88. The molecule has 0 rings (SSSR count). The van der Waals surface area contributed by atoms with Crippen LogP contribution in [0.25, 0.3) is 0 Å². The summed E-state index contributed by atoms with van der Waals surface area (Å²) in [5.41, 5.74) is 0. The molecule has 0 aliphatic heterocycles. The van der Waals surface area contributed by atoms with E-state index in [2.05, 4.69) is 23.8 Å². The number of thioether (sulfide) groups is 1. The highest BCUT2D eigenvalue weighted by Crippen LogP contribution is 2.07. The predicted molar refractivity (Wildman–Crippen MR) is 63.8 cm³/mol. The summed E-state index contributed by atoms with van der Waals surface area (Å²) in [5.74, 6) is 0.137. The smallest absolute Gasteiger partial charge is 0.221 e. The van der Waals surface area contributed by atoms with Gasteiger partial charge < -0.3 is 10.6 Å². The summed E-state index contributed by atoms with van der Waals surface area (Å²) in [7, 11) is 0. The van der Waals surface area contributed by atoms with Crippen LogP contribution in [0.3, 0.4) is 0 Å². The third kappa shape index (κ3) is 8.38. The van der Waals surface area contributed by atoms with Gasteiger partial charge in [-0.1, -0.05) is 6.92 Å². The van der Waals surface area contributed by atoms with Crippen LogP contribution < -0.4 is 10.6 Å². The van der Waals surface area contributed by atoms with E-state index in [0.29, 0.717) is 11.7 Å². The van der Waals surface area contributed by atoms with Gasteiger partial charge in [0.05, 0.1) is 0 Å². The van der Waals surface area contributed by atoms with Gasteiger partial charge in [0, 0.05) is 24.8 Å². The second-order valence-corrected chi connectivity index (χ2v) is 4.56. The Kier molecular flexibility index (Phi) is 9.19. The lowest BCUT2D eigenvalue weighted by Crippen LogP contribution is -2.28. The predicted octanol–water partition coefficient (Wildman–Crippen LogP) is 1.24. The van der Waals surface area contributed by atoms with Gasteiger partial charge in [0.25, 0.3) is 0 Å². The van der Waals surface area contributed by atoms with E-state index in [0.717, 1.165) is 26.1 Å². The highest BCUT2D eigenvalue weighted by atomic mass is 32.2. The first-order chi connectivity index (χ1) is 6.70. The van der Waals surface area contributed by atoms with E-state index in [9.17, 15) is 4.79 Å². The molecule has 0 fully saturated rings. The lowest BCUT2D eigenvalue weighted by Gasteiger charge is -2.08. The minimum atomic E-state index is 0.137. The van der Waals surface area contributed by atoms with Gasteiger partial charge in [0.2, 0.25) is 5.91 Å². The Morgan fingerprint density at radius 2 is 2.14 bits per heavy atom. The molecule has 14 heavy (non-hydrogen) atoms. The molecule has 84 valence electrons. The first kappa shape index (κ1) is 13.8. The molecule has 0 spiro atoms. The SMILES string of the molecule is CCNC(=O)CCNCCC(C)SC. The molecule has 0 saturated carbocycles. The Morgan fingerprint density at radius 3 is 2.71 bits per heavy atom. The van der Waals surface area contributed by atoms with Crippen molar-refractivity contribution in [1.82, 2.24) is 10.6 Å². The van der Waals surface area contributed by atoms with Crippen molar-refractivity contribution in [3.8, 4) is 0 Å². The molecule has 1 atom stereocenters. The highest BCUT2D eigenvalue weighted by molar-refractivity contribution is 7.99. The van der Waals surface area contributed by atoms with E-state index in [1.54, 1.807) is 0 Å². The lowest BCUT2D eigenvalue weighted by molar-refractivity contribution is -0.120. The zero-order valence-corrected chi connectivity index (χ0v) is 10.2. The molecule has 0 aromatic rings. The summed E-state index contributed by atoms with van der Waals surface area (Å²) in [4.78, 5) is 11.0. The van der Waals surface area contributed by atoms with Crippen LogP contribution in [0.2, 0.25) is 0 Å². The standard InChI is InChI=1S/C10H22N2OS/c1-4-12-10(13)6-8-11-7-5-9(2)14-3/h9,11H,4-8H2,1-3H3,(H,12,13). The summed E-state index contributed by atoms with van der Waals surface area (Å²) in [6, 6.07) is 0. The Hall–Kier alpha value is -0.220. The number of hydrogen-bond acceptors (Lipinski definition) is 3. The molecule has 0 radical (unpaired) electrons. The van der Waals surface area contributed by atoms with Crippen LogP contribution in [-0.2, 0) is 4.79 Å². The van der Waals surface area contributed by atoms with Gasteiger partial charge in [-0.05, 0) is 26.1 Å². The first-order valence-electron chi connectivity index (χ1n) is 5.20. The van der Waals surface area contributed by atoms with Crippen LogP contribution in [-0.4, -0.2) is 37.0 Å². The molecule has 0 saturated heterocycles. The Morgan fingerprint density at radius 1 is 1.43 bits per heavy atom. The summed E-state index contributed by atoms with van der Waals surface area (Å²) in [5, 5.41) is 6.74. The molecule has 4 heteroatoms. The molecule has 1 unspecified atom stereocenters. The van der Waals surface area contributed by atoms with E-state index in [1.165, 1.54) is 0 Å². The van der Waals surface area contributed by atoms with Gasteiger partial charge >= 0.3 is 0 Å². The van der Waals surface area contributed by atoms with Crippen LogP contribution in [0.15, 0.2) is 0 Å². The Labute approximate surface area is 91.4 Å². The highest BCUT2D eigenvalue weighted by Gasteiger charge is 2.00. The maximum atomic E-state index is 11.0. The largest absolute Gasteiger partial charge is 0.356 e. The number of nitrogens with one attached hydrogen (secondary N) is 2. The van der Waals surface area contributed by atoms with Crippen molar-refractivity contribution in [2.75, 3.05) is 25.9 Å². The molecule has 0 aliphatic carbocycles. The molecular formula is C10H22N2OS. The maximum Gasteiger partial charge on any atom is 0.221 e. The lowest BCUT2D eigenvalue weighted by atomic mass is 10.3. The van der Waals surface area contributed by atoms with E-state index >= 15 is 0 Å². The van der Waals surface area contributed by atoms with Crippen molar-refractivity contribution in [3.05, 3.63) is 0 Å². The van der Waals surface area contributed by atoms with Crippen molar-refractivity contribution < 1.29 is 4.79 Å². The van der Waals surface area contributed by atoms with Crippen molar-refractivity contribution in [2.24, 2.45) is 0 Å². The van der Waals surface area contributed by atoms with Crippen molar-refractivity contribution in [1.29, 1.82) is 0 Å². The number of carbonyl (C=O) groups excluding carboxylic acids is 1. The maximum absolute atomic E-state index is 11.0. The molecular weight excluding hydrogens is 196 g/mol. The minimum absolute atomic E-state index is 0.137. The van der Waals surface area contributed by atoms with Crippen LogP contribution in [0.5, 0.6) is 0 Å². The van der Waals surface area contributed by atoms with Gasteiger partial charge in [-0.15, -0.1) is 0 Å². The topological polar surface area (TPSA) is 41.1 Å². The fourth-order valence-corrected chi connectivity index (χ4v) is 1.39. The fraction of sp³-hybridized carbons (Fsp3) is 0.900. The molecule has 0 aromatic heterocycles. The van der Waals surface area contributed by atoms with Gasteiger partial charge in [-0.2, -0.15) is 11.8 Å². The third-order valence-corrected chi connectivity index (χ3v) is 3.07. The average Bonchev–Trinajstić information content (AvgIpc) is 2.17. The van der Waals surface area contributed by atoms with Crippen LogP contribution in [0, 0.1) is 0 Å². The molecule has 0 heterocycles. The van der Waals surface area contributed by atoms with E-state index in [-0.39, 0.29) is 5.91 Å². The monoisotopic (exact) mass is 218 g/mol. The molecule has 0 aromatic carbocycles. The second-order valence-electron chi connectivity index (χ2n) is 3.29. The zero-order valence-electron chi connectivity index (χ0n) is 9.43. The number of carbonyl (C=O) groups is 1. The van der Waals surface area contributed by atoms with Gasteiger partial charge in [-0.3, -0.25) is 4.79 Å².